The maximum Gasteiger partial charge on any atom is 0.306 e. The summed E-state index contributed by atoms with van der Waals surface area (Å²) in [5.74, 6) is -0.901. The van der Waals surface area contributed by atoms with Crippen LogP contribution in [0.1, 0.15) is 290 Å². The first-order valence-electron chi connectivity index (χ1n) is 28.8. The smallest absolute Gasteiger partial charge is 0.306 e. The van der Waals surface area contributed by atoms with E-state index >= 15 is 0 Å². The molecule has 0 bridgehead atoms. The molecule has 6 nitrogen and oxygen atoms in total. The van der Waals surface area contributed by atoms with Crippen LogP contribution in [0, 0.1) is 0 Å². The van der Waals surface area contributed by atoms with Crippen molar-refractivity contribution in [3.05, 3.63) is 60.8 Å². The number of carbonyl (C=O) groups excluding carboxylic acids is 3. The Bertz CT molecular complexity index is 1210. The first kappa shape index (κ1) is 64.1. The van der Waals surface area contributed by atoms with Crippen molar-refractivity contribution in [2.45, 2.75) is 297 Å². The summed E-state index contributed by atoms with van der Waals surface area (Å²) >= 11 is 0. The Hall–Kier alpha value is -2.89. The van der Waals surface area contributed by atoms with E-state index in [9.17, 15) is 14.4 Å². The van der Waals surface area contributed by atoms with E-state index in [-0.39, 0.29) is 31.1 Å². The maximum atomic E-state index is 12.8. The minimum Gasteiger partial charge on any atom is -0.462 e. The molecule has 0 saturated carbocycles. The van der Waals surface area contributed by atoms with E-state index in [2.05, 4.69) is 81.5 Å². The van der Waals surface area contributed by atoms with Gasteiger partial charge in [0.1, 0.15) is 13.2 Å². The van der Waals surface area contributed by atoms with Gasteiger partial charge in [-0.05, 0) is 103 Å². The van der Waals surface area contributed by atoms with E-state index in [0.717, 1.165) is 83.5 Å². The minimum atomic E-state index is -0.785. The summed E-state index contributed by atoms with van der Waals surface area (Å²) in [7, 11) is 0. The van der Waals surface area contributed by atoms with Gasteiger partial charge in [-0.25, -0.2) is 0 Å². The third-order valence-corrected chi connectivity index (χ3v) is 12.5. The minimum absolute atomic E-state index is 0.0830. The highest BCUT2D eigenvalue weighted by atomic mass is 16.6. The largest absolute Gasteiger partial charge is 0.462 e. The van der Waals surface area contributed by atoms with Gasteiger partial charge < -0.3 is 14.2 Å². The number of allylic oxidation sites excluding steroid dienone is 10. The van der Waals surface area contributed by atoms with Gasteiger partial charge in [-0.15, -0.1) is 0 Å². The molecule has 6 heteroatoms. The molecular weight excluding hydrogens is 829 g/mol. The fourth-order valence-corrected chi connectivity index (χ4v) is 8.11. The molecule has 0 rings (SSSR count). The molecule has 0 aromatic rings. The molecule has 0 radical (unpaired) electrons. The van der Waals surface area contributed by atoms with Gasteiger partial charge in [-0.2, -0.15) is 0 Å². The van der Waals surface area contributed by atoms with Gasteiger partial charge in [0.15, 0.2) is 6.10 Å². The molecule has 0 heterocycles. The molecule has 0 aliphatic carbocycles. The molecule has 0 saturated heterocycles. The van der Waals surface area contributed by atoms with Gasteiger partial charge >= 0.3 is 17.9 Å². The van der Waals surface area contributed by atoms with Gasteiger partial charge in [0.25, 0.3) is 0 Å². The molecule has 67 heavy (non-hydrogen) atoms. The van der Waals surface area contributed by atoms with Crippen molar-refractivity contribution in [2.24, 2.45) is 0 Å². The molecule has 0 aromatic carbocycles. The standard InChI is InChI=1S/C61H108O6/c1-4-7-10-13-16-19-22-25-27-29-30-32-33-36-39-42-45-48-51-54-60(63)66-57-58(56-65-59(62)53-50-47-44-41-38-35-24-21-18-15-12-9-6-3)67-61(64)55-52-49-46-43-40-37-34-31-28-26-23-20-17-14-11-8-5-2/h16-17,19-20,22,25-26,28,35,38,58H,4-15,18,21,23-24,27,29-34,36-37,39-57H2,1-3H3/b19-16-,20-17-,25-22-,28-26-,38-35-. The third kappa shape index (κ3) is 53.9. The van der Waals surface area contributed by atoms with Crippen molar-refractivity contribution in [3.63, 3.8) is 0 Å². The molecule has 1 unspecified atom stereocenters. The van der Waals surface area contributed by atoms with E-state index in [1.54, 1.807) is 0 Å². The highest BCUT2D eigenvalue weighted by Gasteiger charge is 2.19. The van der Waals surface area contributed by atoms with Crippen molar-refractivity contribution < 1.29 is 28.6 Å². The zero-order valence-corrected chi connectivity index (χ0v) is 44.4. The quantitative estimate of drug-likeness (QED) is 0.0199. The summed E-state index contributed by atoms with van der Waals surface area (Å²) in [5.41, 5.74) is 0. The van der Waals surface area contributed by atoms with Crippen LogP contribution in [0.25, 0.3) is 0 Å². The fourth-order valence-electron chi connectivity index (χ4n) is 8.11. The lowest BCUT2D eigenvalue weighted by atomic mass is 10.1. The van der Waals surface area contributed by atoms with Crippen LogP contribution in [0.2, 0.25) is 0 Å². The molecule has 0 aromatic heterocycles. The van der Waals surface area contributed by atoms with E-state index in [1.165, 1.54) is 167 Å². The van der Waals surface area contributed by atoms with E-state index in [1.807, 2.05) is 0 Å². The Balaban J connectivity index is 4.38. The molecule has 0 amide bonds. The van der Waals surface area contributed by atoms with Crippen molar-refractivity contribution in [2.75, 3.05) is 13.2 Å². The summed E-state index contributed by atoms with van der Waals surface area (Å²) < 4.78 is 16.8. The predicted octanol–water partition coefficient (Wildman–Crippen LogP) is 19.2. The zero-order chi connectivity index (χ0) is 48.6. The Morgan fingerprint density at radius 1 is 0.313 bits per heavy atom. The van der Waals surface area contributed by atoms with Gasteiger partial charge in [0.2, 0.25) is 0 Å². The molecule has 0 aliphatic rings. The normalized spacial score (nSPS) is 12.5. The predicted molar refractivity (Wildman–Crippen MR) is 288 cm³/mol. The third-order valence-electron chi connectivity index (χ3n) is 12.5. The lowest BCUT2D eigenvalue weighted by Crippen LogP contribution is -2.30. The molecule has 0 aliphatic heterocycles. The Morgan fingerprint density at radius 2 is 0.582 bits per heavy atom. The summed E-state index contributed by atoms with van der Waals surface area (Å²) in [5, 5.41) is 0. The van der Waals surface area contributed by atoms with E-state index in [0.29, 0.717) is 19.3 Å². The monoisotopic (exact) mass is 937 g/mol. The Morgan fingerprint density at radius 3 is 0.970 bits per heavy atom. The topological polar surface area (TPSA) is 78.9 Å². The molecule has 1 atom stereocenters. The molecule has 0 fully saturated rings. The van der Waals surface area contributed by atoms with Crippen molar-refractivity contribution in [1.29, 1.82) is 0 Å². The number of unbranched alkanes of at least 4 members (excludes halogenated alkanes) is 32. The highest BCUT2D eigenvalue weighted by Crippen LogP contribution is 2.15. The summed E-state index contributed by atoms with van der Waals surface area (Å²) in [4.78, 5) is 38.1. The average Bonchev–Trinajstić information content (AvgIpc) is 3.33. The zero-order valence-electron chi connectivity index (χ0n) is 44.4. The summed E-state index contributed by atoms with van der Waals surface area (Å²) in [6.07, 6.45) is 69.2. The van der Waals surface area contributed by atoms with E-state index < -0.39 is 6.10 Å². The Labute approximate surface area is 415 Å². The first-order valence-corrected chi connectivity index (χ1v) is 28.8. The SMILES string of the molecule is CCCCC/C=C\C=C/CCCCCCCCCCCCC(=O)OCC(COC(=O)CCCCC/C=C\CCCCCCCC)OC(=O)CCCCCCCCC/C=C\C/C=C\CCCCC. The van der Waals surface area contributed by atoms with Gasteiger partial charge in [-0.1, -0.05) is 229 Å². The summed E-state index contributed by atoms with van der Waals surface area (Å²) in [6.45, 7) is 6.58. The van der Waals surface area contributed by atoms with Gasteiger partial charge in [0, 0.05) is 19.3 Å². The van der Waals surface area contributed by atoms with Gasteiger partial charge in [-0.3, -0.25) is 14.4 Å². The van der Waals surface area contributed by atoms with Crippen LogP contribution in [0.3, 0.4) is 0 Å². The van der Waals surface area contributed by atoms with E-state index in [4.69, 9.17) is 14.2 Å². The Kier molecular flexibility index (Phi) is 53.3. The van der Waals surface area contributed by atoms with Crippen molar-refractivity contribution in [1.82, 2.24) is 0 Å². The maximum absolute atomic E-state index is 12.8. The second kappa shape index (κ2) is 55.7. The van der Waals surface area contributed by atoms with Crippen LogP contribution in [0.5, 0.6) is 0 Å². The van der Waals surface area contributed by atoms with Crippen molar-refractivity contribution in [3.8, 4) is 0 Å². The number of esters is 3. The molecular formula is C61H108O6. The van der Waals surface area contributed by atoms with Crippen molar-refractivity contribution >= 4 is 17.9 Å². The summed E-state index contributed by atoms with van der Waals surface area (Å²) in [6, 6.07) is 0. The number of ether oxygens (including phenoxy) is 3. The van der Waals surface area contributed by atoms with Crippen LogP contribution in [0.4, 0.5) is 0 Å². The van der Waals surface area contributed by atoms with Crippen LogP contribution in [0.15, 0.2) is 60.8 Å². The fraction of sp³-hybridized carbons (Fsp3) is 0.787. The lowest BCUT2D eigenvalue weighted by molar-refractivity contribution is -0.167. The first-order chi connectivity index (χ1) is 33.0. The van der Waals surface area contributed by atoms with Crippen LogP contribution in [-0.4, -0.2) is 37.2 Å². The second-order valence-corrected chi connectivity index (χ2v) is 19.2. The van der Waals surface area contributed by atoms with Gasteiger partial charge in [0.05, 0.1) is 0 Å². The molecule has 0 spiro atoms. The second-order valence-electron chi connectivity index (χ2n) is 19.2. The molecule has 388 valence electrons. The lowest BCUT2D eigenvalue weighted by Gasteiger charge is -2.18. The number of carbonyl (C=O) groups is 3. The number of rotatable bonds is 52. The van der Waals surface area contributed by atoms with Crippen LogP contribution < -0.4 is 0 Å². The highest BCUT2D eigenvalue weighted by molar-refractivity contribution is 5.71. The number of hydrogen-bond donors (Lipinski definition) is 0. The van der Waals surface area contributed by atoms with Crippen LogP contribution >= 0.6 is 0 Å². The average molecular weight is 938 g/mol. The molecule has 0 N–H and O–H groups in total. The number of hydrogen-bond acceptors (Lipinski definition) is 6. The van der Waals surface area contributed by atoms with Crippen LogP contribution in [-0.2, 0) is 28.6 Å².